The topological polar surface area (TPSA) is 17.2 Å². The van der Waals surface area contributed by atoms with E-state index >= 15 is 0 Å². The van der Waals surface area contributed by atoms with Gasteiger partial charge < -0.3 is 4.85 Å². The number of halogens is 2. The maximum absolute atomic E-state index is 6.60. The fourth-order valence-electron chi connectivity index (χ4n) is 0.487. The molecule has 1 aromatic rings. The van der Waals surface area contributed by atoms with Gasteiger partial charge in [-0.1, -0.05) is 18.2 Å². The van der Waals surface area contributed by atoms with Crippen LogP contribution in [0.15, 0.2) is 12.1 Å². The van der Waals surface area contributed by atoms with Crippen molar-refractivity contribution in [3.8, 4) is 0 Å². The van der Waals surface area contributed by atoms with E-state index in [1.54, 1.807) is 12.1 Å². The molecular weight excluding hydrogens is 171 g/mol. The molecule has 0 radical (unpaired) electrons. The van der Waals surface area contributed by atoms with E-state index in [0.29, 0.717) is 5.02 Å². The molecule has 2 nitrogen and oxygen atoms in total. The first-order valence-corrected chi connectivity index (χ1v) is 3.19. The molecule has 0 aliphatic heterocycles. The van der Waals surface area contributed by atoms with Gasteiger partial charge in [-0.25, -0.2) is 0 Å². The van der Waals surface area contributed by atoms with Crippen molar-refractivity contribution in [2.45, 2.75) is 0 Å². The summed E-state index contributed by atoms with van der Waals surface area (Å²) in [6.07, 6.45) is 0. The molecule has 10 heavy (non-hydrogen) atoms. The van der Waals surface area contributed by atoms with Crippen LogP contribution < -0.4 is 0 Å². The van der Waals surface area contributed by atoms with E-state index < -0.39 is 0 Å². The predicted octanol–water partition coefficient (Wildman–Crippen LogP) is 2.94. The Kier molecular flexibility index (Phi) is 2.10. The lowest BCUT2D eigenvalue weighted by Gasteiger charge is -1.90. The molecule has 50 valence electrons. The van der Waals surface area contributed by atoms with Gasteiger partial charge in [0.1, 0.15) is 0 Å². The number of pyridine rings is 1. The van der Waals surface area contributed by atoms with Gasteiger partial charge in [0.25, 0.3) is 5.82 Å². The molecule has 1 rings (SSSR count). The van der Waals surface area contributed by atoms with Crippen LogP contribution >= 0.6 is 23.2 Å². The molecule has 4 heteroatoms. The predicted molar refractivity (Wildman–Crippen MR) is 40.5 cm³/mol. The van der Waals surface area contributed by atoms with Gasteiger partial charge >= 0.3 is 0 Å². The summed E-state index contributed by atoms with van der Waals surface area (Å²) in [4.78, 5) is 6.72. The number of hydrogen-bond donors (Lipinski definition) is 0. The molecule has 0 aromatic carbocycles. The van der Waals surface area contributed by atoms with Crippen LogP contribution in [-0.2, 0) is 0 Å². The minimum Gasteiger partial charge on any atom is -0.359 e. The molecular formula is C6H2Cl2N2. The SMILES string of the molecule is [C-]#[N+]c1nc(Cl)ccc1Cl. The number of nitrogens with zero attached hydrogens (tertiary/aromatic N) is 2. The Balaban J connectivity index is 3.25. The third-order valence-electron chi connectivity index (χ3n) is 0.899. The minimum atomic E-state index is 0.147. The quantitative estimate of drug-likeness (QED) is 0.435. The molecule has 0 fully saturated rings. The van der Waals surface area contributed by atoms with Crippen molar-refractivity contribution in [2.75, 3.05) is 0 Å². The Labute approximate surface area is 68.2 Å². The van der Waals surface area contributed by atoms with Crippen LogP contribution in [0.3, 0.4) is 0 Å². The van der Waals surface area contributed by atoms with Crippen molar-refractivity contribution in [2.24, 2.45) is 0 Å². The number of aromatic nitrogens is 1. The molecule has 0 spiro atoms. The van der Waals surface area contributed by atoms with E-state index in [-0.39, 0.29) is 11.0 Å². The van der Waals surface area contributed by atoms with Crippen molar-refractivity contribution in [1.82, 2.24) is 4.98 Å². The minimum absolute atomic E-state index is 0.147. The average Bonchev–Trinajstić information content (AvgIpc) is 1.94. The summed E-state index contributed by atoms with van der Waals surface area (Å²) in [6.45, 7) is 6.60. The second-order valence-electron chi connectivity index (χ2n) is 1.55. The van der Waals surface area contributed by atoms with Crippen LogP contribution in [-0.4, -0.2) is 4.98 Å². The zero-order chi connectivity index (χ0) is 7.56. The van der Waals surface area contributed by atoms with Crippen molar-refractivity contribution in [1.29, 1.82) is 0 Å². The number of hydrogen-bond acceptors (Lipinski definition) is 1. The molecule has 0 N–H and O–H groups in total. The van der Waals surface area contributed by atoms with Gasteiger partial charge in [0.05, 0.1) is 5.02 Å². The fourth-order valence-corrected chi connectivity index (χ4v) is 0.777. The van der Waals surface area contributed by atoms with E-state index in [9.17, 15) is 0 Å². The first-order chi connectivity index (χ1) is 4.74. The van der Waals surface area contributed by atoms with E-state index in [4.69, 9.17) is 29.8 Å². The fraction of sp³-hybridized carbons (Fsp3) is 0. The van der Waals surface area contributed by atoms with Crippen molar-refractivity contribution in [3.05, 3.63) is 33.7 Å². The van der Waals surface area contributed by atoms with E-state index in [1.165, 1.54) is 0 Å². The van der Waals surface area contributed by atoms with E-state index in [2.05, 4.69) is 9.83 Å². The summed E-state index contributed by atoms with van der Waals surface area (Å²) >= 11 is 11.0. The highest BCUT2D eigenvalue weighted by atomic mass is 35.5. The van der Waals surface area contributed by atoms with Gasteiger partial charge in [-0.15, -0.1) is 4.98 Å². The molecule has 0 atom stereocenters. The highest BCUT2D eigenvalue weighted by Gasteiger charge is 2.01. The molecule has 1 aromatic heterocycles. The van der Waals surface area contributed by atoms with Crippen LogP contribution in [0.4, 0.5) is 5.82 Å². The molecule has 0 unspecified atom stereocenters. The molecule has 0 saturated heterocycles. The second kappa shape index (κ2) is 2.87. The Morgan fingerprint density at radius 3 is 2.60 bits per heavy atom. The van der Waals surface area contributed by atoms with Crippen LogP contribution in [0, 0.1) is 6.57 Å². The summed E-state index contributed by atoms with van der Waals surface area (Å²) < 4.78 is 0. The van der Waals surface area contributed by atoms with Crippen LogP contribution in [0.25, 0.3) is 4.85 Å². The second-order valence-corrected chi connectivity index (χ2v) is 2.35. The van der Waals surface area contributed by atoms with Gasteiger partial charge in [0, 0.05) is 0 Å². The first-order valence-electron chi connectivity index (χ1n) is 2.43. The molecule has 0 aliphatic rings. The van der Waals surface area contributed by atoms with Crippen LogP contribution in [0.2, 0.25) is 10.2 Å². The smallest absolute Gasteiger partial charge is 0.289 e. The highest BCUT2D eigenvalue weighted by Crippen LogP contribution is 2.23. The normalized spacial score (nSPS) is 8.90. The third kappa shape index (κ3) is 1.38. The highest BCUT2D eigenvalue weighted by molar-refractivity contribution is 6.34. The molecule has 0 amide bonds. The Morgan fingerprint density at radius 2 is 2.10 bits per heavy atom. The maximum atomic E-state index is 6.60. The van der Waals surface area contributed by atoms with Gasteiger partial charge in [-0.2, -0.15) is 0 Å². The summed E-state index contributed by atoms with van der Waals surface area (Å²) in [6, 6.07) is 3.09. The zero-order valence-corrected chi connectivity index (χ0v) is 6.32. The van der Waals surface area contributed by atoms with Gasteiger partial charge in [-0.05, 0) is 23.7 Å². The summed E-state index contributed by atoms with van der Waals surface area (Å²) in [7, 11) is 0. The summed E-state index contributed by atoms with van der Waals surface area (Å²) in [5, 5.41) is 0.620. The van der Waals surface area contributed by atoms with E-state index in [0.717, 1.165) is 0 Å². The molecule has 0 aliphatic carbocycles. The lowest BCUT2D eigenvalue weighted by atomic mass is 10.5. The van der Waals surface area contributed by atoms with Crippen molar-refractivity contribution >= 4 is 29.0 Å². The first kappa shape index (κ1) is 7.33. The van der Waals surface area contributed by atoms with Gasteiger partial charge in [0.2, 0.25) is 5.15 Å². The Morgan fingerprint density at radius 1 is 1.40 bits per heavy atom. The molecule has 1 heterocycles. The maximum Gasteiger partial charge on any atom is 0.289 e. The molecule has 0 bridgehead atoms. The van der Waals surface area contributed by atoms with Crippen LogP contribution in [0.1, 0.15) is 0 Å². The lowest BCUT2D eigenvalue weighted by Crippen LogP contribution is -1.73. The zero-order valence-electron chi connectivity index (χ0n) is 4.81. The summed E-state index contributed by atoms with van der Waals surface area (Å²) in [5.74, 6) is 0.147. The van der Waals surface area contributed by atoms with Gasteiger partial charge in [-0.3, -0.25) is 0 Å². The van der Waals surface area contributed by atoms with Crippen LogP contribution in [0.5, 0.6) is 0 Å². The molecule has 0 saturated carbocycles. The summed E-state index contributed by atoms with van der Waals surface area (Å²) in [5.41, 5.74) is 0. The monoisotopic (exact) mass is 172 g/mol. The Bertz CT molecular complexity index is 290. The Hall–Kier alpha value is -0.780. The third-order valence-corrected chi connectivity index (χ3v) is 1.40. The number of rotatable bonds is 0. The van der Waals surface area contributed by atoms with Crippen molar-refractivity contribution in [3.63, 3.8) is 0 Å². The van der Waals surface area contributed by atoms with E-state index in [1.807, 2.05) is 0 Å². The standard InChI is InChI=1S/C6H2Cl2N2/c1-9-6-4(7)2-3-5(8)10-6/h2-3H. The largest absolute Gasteiger partial charge is 0.359 e. The lowest BCUT2D eigenvalue weighted by molar-refractivity contribution is 1.35. The average molecular weight is 173 g/mol. The van der Waals surface area contributed by atoms with Crippen molar-refractivity contribution < 1.29 is 0 Å². The van der Waals surface area contributed by atoms with Gasteiger partial charge in [0.15, 0.2) is 0 Å².